The molecule has 1 aromatic carbocycles. The van der Waals surface area contributed by atoms with E-state index in [1.165, 1.54) is 0 Å². The van der Waals surface area contributed by atoms with Crippen LogP contribution in [0.3, 0.4) is 0 Å². The number of halogens is 1. The van der Waals surface area contributed by atoms with Crippen LogP contribution in [0.25, 0.3) is 0 Å². The molecule has 0 unspecified atom stereocenters. The van der Waals surface area contributed by atoms with Gasteiger partial charge in [-0.15, -0.1) is 0 Å². The summed E-state index contributed by atoms with van der Waals surface area (Å²) in [7, 11) is 0. The Morgan fingerprint density at radius 3 is 2.68 bits per heavy atom. The van der Waals surface area contributed by atoms with Gasteiger partial charge in [-0.3, -0.25) is 4.79 Å². The Bertz CT molecular complexity index is 1170. The smallest absolute Gasteiger partial charge is 0.259 e. The number of aryl methyl sites for hydroxylation is 1. The highest BCUT2D eigenvalue weighted by molar-refractivity contribution is 9.10. The van der Waals surface area contributed by atoms with Gasteiger partial charge in [0.05, 0.1) is 24.3 Å². The third kappa shape index (κ3) is 3.02. The molecule has 6 nitrogen and oxygen atoms in total. The fraction of sp³-hybridized carbons (Fsp3) is 0.143. The van der Waals surface area contributed by atoms with Crippen LogP contribution in [-0.4, -0.2) is 4.57 Å². The molecule has 140 valence electrons. The fourth-order valence-electron chi connectivity index (χ4n) is 3.43. The number of allylic oxidation sites excluding steroid dienone is 1. The Balaban J connectivity index is 1.94. The van der Waals surface area contributed by atoms with Crippen molar-refractivity contribution in [2.45, 2.75) is 19.4 Å². The van der Waals surface area contributed by atoms with E-state index < -0.39 is 5.92 Å². The van der Waals surface area contributed by atoms with Crippen molar-refractivity contribution >= 4 is 15.9 Å². The van der Waals surface area contributed by atoms with E-state index in [0.29, 0.717) is 29.3 Å². The van der Waals surface area contributed by atoms with Crippen LogP contribution in [0, 0.1) is 18.3 Å². The van der Waals surface area contributed by atoms with E-state index in [9.17, 15) is 10.1 Å². The molecule has 2 N–H and O–H groups in total. The van der Waals surface area contributed by atoms with Gasteiger partial charge in [0.15, 0.2) is 0 Å². The standard InChI is InChI=1S/C21H16BrN3O3/c1-12-9-17-19(21(26)25(12)11-15-3-2-8-27-15)18(16(10-23)20(24)28-17)13-4-6-14(22)7-5-13/h2-9,18H,11,24H2,1H3/t18-/m0/s1. The molecular weight excluding hydrogens is 422 g/mol. The highest BCUT2D eigenvalue weighted by Crippen LogP contribution is 2.40. The van der Waals surface area contributed by atoms with E-state index in [1.54, 1.807) is 23.0 Å². The van der Waals surface area contributed by atoms with E-state index in [4.69, 9.17) is 14.9 Å². The molecule has 4 rings (SSSR count). The van der Waals surface area contributed by atoms with Crippen molar-refractivity contribution in [3.63, 3.8) is 0 Å². The number of nitrogens with zero attached hydrogens (tertiary/aromatic N) is 2. The van der Waals surface area contributed by atoms with E-state index in [1.807, 2.05) is 37.3 Å². The van der Waals surface area contributed by atoms with E-state index in [0.717, 1.165) is 10.0 Å². The first-order valence-corrected chi connectivity index (χ1v) is 9.38. The minimum atomic E-state index is -0.599. The van der Waals surface area contributed by atoms with Crippen LogP contribution in [0.1, 0.15) is 28.5 Å². The molecule has 1 aliphatic heterocycles. The second-order valence-electron chi connectivity index (χ2n) is 6.51. The van der Waals surface area contributed by atoms with Gasteiger partial charge in [0.25, 0.3) is 5.56 Å². The maximum absolute atomic E-state index is 13.4. The lowest BCUT2D eigenvalue weighted by atomic mass is 9.84. The number of pyridine rings is 1. The quantitative estimate of drug-likeness (QED) is 0.672. The molecule has 0 amide bonds. The number of furan rings is 1. The van der Waals surface area contributed by atoms with E-state index in [-0.39, 0.29) is 17.0 Å². The maximum Gasteiger partial charge on any atom is 0.259 e. The molecule has 0 saturated heterocycles. The zero-order chi connectivity index (χ0) is 19.8. The van der Waals surface area contributed by atoms with E-state index in [2.05, 4.69) is 22.0 Å². The van der Waals surface area contributed by atoms with Crippen molar-refractivity contribution < 1.29 is 9.15 Å². The number of aromatic nitrogens is 1. The Hall–Kier alpha value is -3.24. The average molecular weight is 438 g/mol. The summed E-state index contributed by atoms with van der Waals surface area (Å²) in [5, 5.41) is 9.69. The van der Waals surface area contributed by atoms with Crippen LogP contribution in [0.2, 0.25) is 0 Å². The maximum atomic E-state index is 13.4. The topological polar surface area (TPSA) is 94.2 Å². The number of ether oxygens (including phenoxy) is 1. The first kappa shape index (κ1) is 18.1. The minimum Gasteiger partial charge on any atom is -0.467 e. The second-order valence-corrected chi connectivity index (χ2v) is 7.43. The molecule has 0 radical (unpaired) electrons. The molecular formula is C21H16BrN3O3. The van der Waals surface area contributed by atoms with Gasteiger partial charge in [-0.1, -0.05) is 28.1 Å². The van der Waals surface area contributed by atoms with Crippen molar-refractivity contribution in [3.05, 3.63) is 97.6 Å². The normalized spacial score (nSPS) is 15.7. The summed E-state index contributed by atoms with van der Waals surface area (Å²) in [6.07, 6.45) is 1.57. The predicted octanol–water partition coefficient (Wildman–Crippen LogP) is 3.78. The van der Waals surface area contributed by atoms with Gasteiger partial charge in [0.1, 0.15) is 23.2 Å². The number of hydrogen-bond donors (Lipinski definition) is 1. The van der Waals surface area contributed by atoms with Crippen molar-refractivity contribution in [2.75, 3.05) is 0 Å². The third-order valence-corrected chi connectivity index (χ3v) is 5.32. The zero-order valence-electron chi connectivity index (χ0n) is 15.0. The number of nitriles is 1. The SMILES string of the molecule is Cc1cc2c(c(=O)n1Cc1ccco1)[C@@H](c1ccc(Br)cc1)C(C#N)=C(N)O2. The van der Waals surface area contributed by atoms with Gasteiger partial charge in [-0.2, -0.15) is 5.26 Å². The van der Waals surface area contributed by atoms with Crippen molar-refractivity contribution in [1.29, 1.82) is 5.26 Å². The van der Waals surface area contributed by atoms with Crippen molar-refractivity contribution in [3.8, 4) is 11.8 Å². The number of nitrogens with two attached hydrogens (primary N) is 1. The Morgan fingerprint density at radius 1 is 1.29 bits per heavy atom. The molecule has 0 fully saturated rings. The van der Waals surface area contributed by atoms with Gasteiger partial charge in [0, 0.05) is 16.2 Å². The fourth-order valence-corrected chi connectivity index (χ4v) is 3.69. The molecule has 0 saturated carbocycles. The second kappa shape index (κ2) is 7.06. The van der Waals surface area contributed by atoms with Gasteiger partial charge in [0.2, 0.25) is 5.88 Å². The number of benzene rings is 1. The lowest BCUT2D eigenvalue weighted by Crippen LogP contribution is -2.33. The molecule has 1 atom stereocenters. The van der Waals surface area contributed by atoms with Crippen LogP contribution in [-0.2, 0) is 6.54 Å². The minimum absolute atomic E-state index is 0.0190. The van der Waals surface area contributed by atoms with Gasteiger partial charge in [-0.25, -0.2) is 0 Å². The molecule has 3 aromatic rings. The summed E-state index contributed by atoms with van der Waals surface area (Å²) in [6, 6.07) is 14.9. The third-order valence-electron chi connectivity index (χ3n) is 4.79. The Morgan fingerprint density at radius 2 is 2.04 bits per heavy atom. The Kier molecular flexibility index (Phi) is 4.57. The van der Waals surface area contributed by atoms with Crippen molar-refractivity contribution in [2.24, 2.45) is 5.73 Å². The highest BCUT2D eigenvalue weighted by Gasteiger charge is 2.34. The molecule has 7 heteroatoms. The summed E-state index contributed by atoms with van der Waals surface area (Å²) in [5.41, 5.74) is 7.89. The van der Waals surface area contributed by atoms with Crippen molar-refractivity contribution in [1.82, 2.24) is 4.57 Å². The molecule has 28 heavy (non-hydrogen) atoms. The number of rotatable bonds is 3. The molecule has 0 bridgehead atoms. The van der Waals surface area contributed by atoms with E-state index >= 15 is 0 Å². The largest absolute Gasteiger partial charge is 0.467 e. The molecule has 0 spiro atoms. The lowest BCUT2D eigenvalue weighted by molar-refractivity contribution is 0.387. The van der Waals surface area contributed by atoms with Crippen LogP contribution in [0.4, 0.5) is 0 Å². The number of hydrogen-bond acceptors (Lipinski definition) is 5. The zero-order valence-corrected chi connectivity index (χ0v) is 16.6. The van der Waals surface area contributed by atoms with Crippen LogP contribution < -0.4 is 16.0 Å². The van der Waals surface area contributed by atoms with Crippen LogP contribution in [0.15, 0.2) is 73.9 Å². The summed E-state index contributed by atoms with van der Waals surface area (Å²) >= 11 is 3.41. The summed E-state index contributed by atoms with van der Waals surface area (Å²) in [5.74, 6) is 0.462. The first-order chi connectivity index (χ1) is 13.5. The first-order valence-electron chi connectivity index (χ1n) is 8.59. The van der Waals surface area contributed by atoms with Gasteiger partial charge >= 0.3 is 0 Å². The lowest BCUT2D eigenvalue weighted by Gasteiger charge is -2.27. The average Bonchev–Trinajstić information content (AvgIpc) is 3.18. The molecule has 2 aromatic heterocycles. The molecule has 3 heterocycles. The number of fused-ring (bicyclic) bond motifs is 1. The monoisotopic (exact) mass is 437 g/mol. The Labute approximate surface area is 169 Å². The van der Waals surface area contributed by atoms with Gasteiger partial charge in [-0.05, 0) is 36.8 Å². The summed E-state index contributed by atoms with van der Waals surface area (Å²) in [4.78, 5) is 13.4. The summed E-state index contributed by atoms with van der Waals surface area (Å²) in [6.45, 7) is 2.11. The molecule has 1 aliphatic rings. The van der Waals surface area contributed by atoms with Crippen LogP contribution >= 0.6 is 15.9 Å². The predicted molar refractivity (Wildman–Crippen MR) is 107 cm³/mol. The molecule has 0 aliphatic carbocycles. The van der Waals surface area contributed by atoms with Gasteiger partial charge < -0.3 is 19.5 Å². The van der Waals surface area contributed by atoms with Crippen LogP contribution in [0.5, 0.6) is 5.75 Å². The summed E-state index contributed by atoms with van der Waals surface area (Å²) < 4.78 is 13.6. The highest BCUT2D eigenvalue weighted by atomic mass is 79.9.